The molecule has 0 spiro atoms. The summed E-state index contributed by atoms with van der Waals surface area (Å²) in [6.07, 6.45) is 1.76. The van der Waals surface area contributed by atoms with E-state index in [4.69, 9.17) is 4.74 Å². The first kappa shape index (κ1) is 20.4. The summed E-state index contributed by atoms with van der Waals surface area (Å²) in [5.41, 5.74) is 0.864. The van der Waals surface area contributed by atoms with Crippen molar-refractivity contribution in [2.24, 2.45) is 0 Å². The summed E-state index contributed by atoms with van der Waals surface area (Å²) in [4.78, 5) is 41.6. The number of rotatable bonds is 7. The van der Waals surface area contributed by atoms with Gasteiger partial charge in [-0.15, -0.1) is 17.9 Å². The zero-order valence-corrected chi connectivity index (χ0v) is 16.4. The van der Waals surface area contributed by atoms with Crippen LogP contribution in [-0.2, 0) is 20.9 Å². The number of carbonyl (C=O) groups excluding carboxylic acids is 2. The number of fused-ring (bicyclic) bond motifs is 1. The third-order valence-corrected chi connectivity index (χ3v) is 5.00. The number of esters is 1. The Morgan fingerprint density at radius 3 is 2.79 bits per heavy atom. The van der Waals surface area contributed by atoms with Crippen LogP contribution in [0.5, 0.6) is 0 Å². The highest BCUT2D eigenvalue weighted by atomic mass is 32.1. The Hall–Kier alpha value is -3.33. The van der Waals surface area contributed by atoms with Gasteiger partial charge >= 0.3 is 5.97 Å². The Labute approximate surface area is 169 Å². The molecule has 0 saturated carbocycles. The quantitative estimate of drug-likeness (QED) is 0.473. The topological polar surface area (TPSA) is 90.3 Å². The molecule has 0 radical (unpaired) electrons. The molecule has 0 fully saturated rings. The van der Waals surface area contributed by atoms with Gasteiger partial charge in [-0.25, -0.2) is 9.37 Å². The van der Waals surface area contributed by atoms with E-state index in [2.05, 4.69) is 16.9 Å². The maximum Gasteiger partial charge on any atom is 0.326 e. The standard InChI is InChI=1S/C20H18FN3O4S/c1-3-8-22-18(26)12(2)28-16(25)9-24-11-23-19-17(20(24)27)15(10-29-19)13-4-6-14(21)7-5-13/h3-7,10-12H,1,8-9H2,2H3,(H,22,26)/t12-/m0/s1. The monoisotopic (exact) mass is 415 g/mol. The van der Waals surface area contributed by atoms with E-state index in [1.807, 2.05) is 0 Å². The van der Waals surface area contributed by atoms with Crippen molar-refractivity contribution < 1.29 is 18.7 Å². The van der Waals surface area contributed by atoms with Gasteiger partial charge in [0.05, 0.1) is 11.7 Å². The third-order valence-electron chi connectivity index (χ3n) is 4.11. The number of aromatic nitrogens is 2. The molecule has 29 heavy (non-hydrogen) atoms. The van der Waals surface area contributed by atoms with E-state index in [-0.39, 0.29) is 18.9 Å². The molecule has 2 aromatic heterocycles. The van der Waals surface area contributed by atoms with Crippen LogP contribution in [0.4, 0.5) is 4.39 Å². The number of benzene rings is 1. The number of nitrogens with zero attached hydrogens (tertiary/aromatic N) is 2. The first-order chi connectivity index (χ1) is 13.9. The SMILES string of the molecule is C=CCNC(=O)[C@H](C)OC(=O)Cn1cnc2scc(-c3ccc(F)cc3)c2c1=O. The number of hydrogen-bond donors (Lipinski definition) is 1. The number of amides is 1. The van der Waals surface area contributed by atoms with Crippen LogP contribution in [0, 0.1) is 5.82 Å². The van der Waals surface area contributed by atoms with Gasteiger partial charge in [0, 0.05) is 17.5 Å². The Kier molecular flexibility index (Phi) is 6.18. The summed E-state index contributed by atoms with van der Waals surface area (Å²) in [5, 5.41) is 4.63. The number of thiophene rings is 1. The van der Waals surface area contributed by atoms with Crippen molar-refractivity contribution >= 4 is 33.4 Å². The van der Waals surface area contributed by atoms with Crippen molar-refractivity contribution in [3.05, 3.63) is 64.8 Å². The zero-order chi connectivity index (χ0) is 21.0. The minimum absolute atomic E-state index is 0.255. The van der Waals surface area contributed by atoms with Crippen LogP contribution in [0.2, 0.25) is 0 Å². The second-order valence-electron chi connectivity index (χ2n) is 6.18. The van der Waals surface area contributed by atoms with Gasteiger partial charge < -0.3 is 10.1 Å². The largest absolute Gasteiger partial charge is 0.451 e. The van der Waals surface area contributed by atoms with Crippen molar-refractivity contribution in [2.75, 3.05) is 6.54 Å². The Bertz CT molecular complexity index is 1120. The summed E-state index contributed by atoms with van der Waals surface area (Å²) in [5.74, 6) is -1.58. The lowest BCUT2D eigenvalue weighted by molar-refractivity contribution is -0.155. The average Bonchev–Trinajstić information content (AvgIpc) is 3.13. The Balaban J connectivity index is 1.83. The van der Waals surface area contributed by atoms with Crippen molar-refractivity contribution in [1.82, 2.24) is 14.9 Å². The lowest BCUT2D eigenvalue weighted by Gasteiger charge is -2.13. The van der Waals surface area contributed by atoms with Gasteiger partial charge in [-0.05, 0) is 24.6 Å². The number of ether oxygens (including phenoxy) is 1. The predicted molar refractivity (Wildman–Crippen MR) is 108 cm³/mol. The molecule has 3 rings (SSSR count). The maximum atomic E-state index is 13.2. The summed E-state index contributed by atoms with van der Waals surface area (Å²) in [6.45, 7) is 4.79. The Morgan fingerprint density at radius 1 is 1.38 bits per heavy atom. The van der Waals surface area contributed by atoms with Gasteiger partial charge in [0.15, 0.2) is 6.10 Å². The van der Waals surface area contributed by atoms with Gasteiger partial charge in [-0.1, -0.05) is 18.2 Å². The molecule has 0 unspecified atom stereocenters. The van der Waals surface area contributed by atoms with Crippen molar-refractivity contribution in [1.29, 1.82) is 0 Å². The van der Waals surface area contributed by atoms with Crippen molar-refractivity contribution in [2.45, 2.75) is 19.6 Å². The molecule has 7 nitrogen and oxygen atoms in total. The molecule has 0 aliphatic rings. The number of hydrogen-bond acceptors (Lipinski definition) is 6. The number of carbonyl (C=O) groups is 2. The molecule has 0 aliphatic heterocycles. The molecular weight excluding hydrogens is 397 g/mol. The smallest absolute Gasteiger partial charge is 0.326 e. The lowest BCUT2D eigenvalue weighted by atomic mass is 10.1. The van der Waals surface area contributed by atoms with Gasteiger partial charge in [-0.3, -0.25) is 19.0 Å². The average molecular weight is 415 g/mol. The van der Waals surface area contributed by atoms with Gasteiger partial charge in [0.25, 0.3) is 11.5 Å². The highest BCUT2D eigenvalue weighted by Crippen LogP contribution is 2.30. The molecule has 0 bridgehead atoms. The first-order valence-corrected chi connectivity index (χ1v) is 9.59. The number of nitrogens with one attached hydrogen (secondary N) is 1. The lowest BCUT2D eigenvalue weighted by Crippen LogP contribution is -2.37. The molecule has 9 heteroatoms. The minimum atomic E-state index is -1.01. The molecule has 150 valence electrons. The molecule has 1 atom stereocenters. The molecule has 0 aliphatic carbocycles. The van der Waals surface area contributed by atoms with Crippen LogP contribution in [0.1, 0.15) is 6.92 Å². The normalized spacial score (nSPS) is 11.8. The fraction of sp³-hybridized carbons (Fsp3) is 0.200. The van der Waals surface area contributed by atoms with Crippen molar-refractivity contribution in [3.8, 4) is 11.1 Å². The molecule has 3 aromatic rings. The summed E-state index contributed by atoms with van der Waals surface area (Å²) < 4.78 is 19.4. The number of halogens is 1. The molecule has 1 aromatic carbocycles. The van der Waals surface area contributed by atoms with E-state index in [9.17, 15) is 18.8 Å². The third kappa shape index (κ3) is 4.57. The molecule has 1 N–H and O–H groups in total. The fourth-order valence-corrected chi connectivity index (χ4v) is 3.57. The predicted octanol–water partition coefficient (Wildman–Crippen LogP) is 2.50. The minimum Gasteiger partial charge on any atom is -0.451 e. The van der Waals surface area contributed by atoms with E-state index in [0.29, 0.717) is 21.3 Å². The van der Waals surface area contributed by atoms with E-state index in [1.165, 1.54) is 42.8 Å². The van der Waals surface area contributed by atoms with Gasteiger partial charge in [0.2, 0.25) is 0 Å². The van der Waals surface area contributed by atoms with E-state index in [1.54, 1.807) is 17.5 Å². The fourth-order valence-electron chi connectivity index (χ4n) is 2.67. The molecular formula is C20H18FN3O4S. The van der Waals surface area contributed by atoms with Crippen LogP contribution >= 0.6 is 11.3 Å². The van der Waals surface area contributed by atoms with Crippen LogP contribution in [-0.4, -0.2) is 34.1 Å². The van der Waals surface area contributed by atoms with Gasteiger partial charge in [0.1, 0.15) is 17.2 Å². The van der Waals surface area contributed by atoms with Crippen LogP contribution in [0.15, 0.2) is 53.4 Å². The highest BCUT2D eigenvalue weighted by molar-refractivity contribution is 7.17. The summed E-state index contributed by atoms with van der Waals surface area (Å²) in [6, 6.07) is 5.77. The Morgan fingerprint density at radius 2 is 2.10 bits per heavy atom. The van der Waals surface area contributed by atoms with E-state index >= 15 is 0 Å². The molecule has 0 saturated heterocycles. The highest BCUT2D eigenvalue weighted by Gasteiger charge is 2.19. The summed E-state index contributed by atoms with van der Waals surface area (Å²) >= 11 is 1.28. The van der Waals surface area contributed by atoms with E-state index in [0.717, 1.165) is 4.57 Å². The second kappa shape index (κ2) is 8.78. The first-order valence-electron chi connectivity index (χ1n) is 8.71. The maximum absolute atomic E-state index is 13.2. The molecule has 1 amide bonds. The van der Waals surface area contributed by atoms with Crippen LogP contribution < -0.4 is 10.9 Å². The second-order valence-corrected chi connectivity index (χ2v) is 7.04. The van der Waals surface area contributed by atoms with E-state index < -0.39 is 23.5 Å². The molecule has 2 heterocycles. The van der Waals surface area contributed by atoms with Gasteiger partial charge in [-0.2, -0.15) is 0 Å². The van der Waals surface area contributed by atoms with Crippen LogP contribution in [0.25, 0.3) is 21.3 Å². The van der Waals surface area contributed by atoms with Crippen LogP contribution in [0.3, 0.4) is 0 Å². The summed E-state index contributed by atoms with van der Waals surface area (Å²) in [7, 11) is 0. The van der Waals surface area contributed by atoms with Crippen molar-refractivity contribution in [3.63, 3.8) is 0 Å². The zero-order valence-electron chi connectivity index (χ0n) is 15.6.